The predicted octanol–water partition coefficient (Wildman–Crippen LogP) is 3.42. The quantitative estimate of drug-likeness (QED) is 0.743. The van der Waals surface area contributed by atoms with E-state index in [2.05, 4.69) is 9.97 Å². The number of ketones is 1. The molecule has 1 aliphatic rings. The second kappa shape index (κ2) is 4.63. The fourth-order valence-electron chi connectivity index (χ4n) is 2.13. The van der Waals surface area contributed by atoms with Crippen LogP contribution in [0, 0.1) is 13.8 Å². The van der Waals surface area contributed by atoms with E-state index in [4.69, 9.17) is 0 Å². The lowest BCUT2D eigenvalue weighted by atomic mass is 10.1. The van der Waals surface area contributed by atoms with E-state index < -0.39 is 0 Å². The van der Waals surface area contributed by atoms with Crippen LogP contribution in [0.4, 0.5) is 0 Å². The van der Waals surface area contributed by atoms with E-state index in [1.807, 2.05) is 38.1 Å². The molecule has 0 unspecified atom stereocenters. The summed E-state index contributed by atoms with van der Waals surface area (Å²) < 4.78 is 0. The van der Waals surface area contributed by atoms with Crippen LogP contribution in [-0.4, -0.2) is 15.8 Å². The third-order valence-electron chi connectivity index (χ3n) is 2.95. The van der Waals surface area contributed by atoms with E-state index in [0.29, 0.717) is 4.91 Å². The van der Waals surface area contributed by atoms with E-state index in [0.717, 1.165) is 27.4 Å². The molecule has 1 aliphatic heterocycles. The molecule has 4 heteroatoms. The fourth-order valence-corrected chi connectivity index (χ4v) is 3.28. The first kappa shape index (κ1) is 12.1. The smallest absolute Gasteiger partial charge is 0.202 e. The maximum Gasteiger partial charge on any atom is 0.202 e. The van der Waals surface area contributed by atoms with Gasteiger partial charge in [-0.25, -0.2) is 4.98 Å². The summed E-state index contributed by atoms with van der Waals surface area (Å²) in [5, 5.41) is 0.817. The number of Topliss-reactive ketones (excluding diaryl/α,β-unsaturated/α-hetero) is 1. The normalized spacial score (nSPS) is 15.9. The Balaban J connectivity index is 2.05. The predicted molar refractivity (Wildman–Crippen MR) is 76.1 cm³/mol. The second-order valence-corrected chi connectivity index (χ2v) is 5.52. The van der Waals surface area contributed by atoms with Crippen LogP contribution in [0.2, 0.25) is 0 Å². The highest BCUT2D eigenvalue weighted by Crippen LogP contribution is 2.41. The Kier molecular flexibility index (Phi) is 2.95. The Labute approximate surface area is 115 Å². The minimum Gasteiger partial charge on any atom is -0.288 e. The number of hydrogen-bond acceptors (Lipinski definition) is 4. The molecule has 0 atom stereocenters. The summed E-state index contributed by atoms with van der Waals surface area (Å²) >= 11 is 1.44. The van der Waals surface area contributed by atoms with Crippen molar-refractivity contribution in [2.45, 2.75) is 18.9 Å². The summed E-state index contributed by atoms with van der Waals surface area (Å²) in [5.74, 6) is 0.0638. The minimum absolute atomic E-state index is 0.0638. The molecule has 0 bridgehead atoms. The summed E-state index contributed by atoms with van der Waals surface area (Å²) in [5.41, 5.74) is 3.61. The molecule has 0 saturated heterocycles. The molecule has 3 nitrogen and oxygen atoms in total. The van der Waals surface area contributed by atoms with Gasteiger partial charge in [0.1, 0.15) is 5.03 Å². The van der Waals surface area contributed by atoms with Gasteiger partial charge in [-0.2, -0.15) is 0 Å². The highest BCUT2D eigenvalue weighted by atomic mass is 32.2. The summed E-state index contributed by atoms with van der Waals surface area (Å²) in [6.07, 6.45) is 5.33. The van der Waals surface area contributed by atoms with Crippen LogP contribution in [-0.2, 0) is 0 Å². The summed E-state index contributed by atoms with van der Waals surface area (Å²) in [7, 11) is 0. The van der Waals surface area contributed by atoms with Gasteiger partial charge >= 0.3 is 0 Å². The summed E-state index contributed by atoms with van der Waals surface area (Å²) in [6, 6.07) is 5.74. The lowest BCUT2D eigenvalue weighted by Gasteiger charge is -2.01. The molecule has 0 radical (unpaired) electrons. The number of pyridine rings is 2. The highest BCUT2D eigenvalue weighted by Gasteiger charge is 2.29. The van der Waals surface area contributed by atoms with Gasteiger partial charge in [-0.3, -0.25) is 9.78 Å². The topological polar surface area (TPSA) is 42.9 Å². The molecule has 0 aliphatic carbocycles. The molecule has 0 aromatic carbocycles. The number of aryl methyl sites for hydroxylation is 2. The molecule has 94 valence electrons. The van der Waals surface area contributed by atoms with Crippen molar-refractivity contribution >= 4 is 23.6 Å². The van der Waals surface area contributed by atoms with Crippen molar-refractivity contribution in [3.05, 3.63) is 57.9 Å². The number of carbonyl (C=O) groups is 1. The van der Waals surface area contributed by atoms with Crippen molar-refractivity contribution in [3.63, 3.8) is 0 Å². The highest BCUT2D eigenvalue weighted by molar-refractivity contribution is 8.04. The first-order chi connectivity index (χ1) is 9.15. The Morgan fingerprint density at radius 3 is 2.89 bits per heavy atom. The number of nitrogens with zero attached hydrogens (tertiary/aromatic N) is 2. The molecule has 0 fully saturated rings. The number of thioether (sulfide) groups is 1. The van der Waals surface area contributed by atoms with E-state index >= 15 is 0 Å². The van der Waals surface area contributed by atoms with Gasteiger partial charge in [-0.1, -0.05) is 17.8 Å². The van der Waals surface area contributed by atoms with Crippen molar-refractivity contribution in [1.29, 1.82) is 0 Å². The number of hydrogen-bond donors (Lipinski definition) is 0. The first-order valence-corrected chi connectivity index (χ1v) is 6.79. The van der Waals surface area contributed by atoms with Gasteiger partial charge in [0.05, 0.1) is 10.5 Å². The molecule has 3 rings (SSSR count). The van der Waals surface area contributed by atoms with Gasteiger partial charge < -0.3 is 0 Å². The van der Waals surface area contributed by atoms with Gasteiger partial charge in [0.15, 0.2) is 0 Å². The summed E-state index contributed by atoms with van der Waals surface area (Å²) in [6.45, 7) is 3.90. The minimum atomic E-state index is 0.0638. The lowest BCUT2D eigenvalue weighted by Crippen LogP contribution is -1.99. The maximum atomic E-state index is 12.4. The van der Waals surface area contributed by atoms with Gasteiger partial charge in [-0.05, 0) is 43.2 Å². The van der Waals surface area contributed by atoms with Gasteiger partial charge in [0.25, 0.3) is 0 Å². The van der Waals surface area contributed by atoms with E-state index in [-0.39, 0.29) is 5.78 Å². The average Bonchev–Trinajstić information content (AvgIpc) is 2.67. The van der Waals surface area contributed by atoms with Crippen LogP contribution >= 0.6 is 11.8 Å². The van der Waals surface area contributed by atoms with Gasteiger partial charge in [0.2, 0.25) is 5.78 Å². The molecule has 3 heterocycles. The van der Waals surface area contributed by atoms with Crippen LogP contribution in [0.5, 0.6) is 0 Å². The maximum absolute atomic E-state index is 12.4. The van der Waals surface area contributed by atoms with Gasteiger partial charge in [-0.15, -0.1) is 0 Å². The second-order valence-electron chi connectivity index (χ2n) is 4.49. The Bertz CT molecular complexity index is 693. The summed E-state index contributed by atoms with van der Waals surface area (Å²) in [4.78, 5) is 21.6. The lowest BCUT2D eigenvalue weighted by molar-refractivity contribution is 0.104. The van der Waals surface area contributed by atoms with Crippen LogP contribution in [0.3, 0.4) is 0 Å². The zero-order chi connectivity index (χ0) is 13.4. The average molecular weight is 268 g/mol. The molecule has 19 heavy (non-hydrogen) atoms. The van der Waals surface area contributed by atoms with Crippen molar-refractivity contribution in [2.75, 3.05) is 0 Å². The molecule has 0 spiro atoms. The Morgan fingerprint density at radius 1 is 1.32 bits per heavy atom. The van der Waals surface area contributed by atoms with Crippen molar-refractivity contribution in [1.82, 2.24) is 9.97 Å². The standard InChI is InChI=1S/C15H12N2OS/c1-9-6-10(2)17-15-13(9)14(18)12(19-15)7-11-4-3-5-16-8-11/h3-8H,1-2H3/b12-7+. The third kappa shape index (κ3) is 2.19. The molecule has 0 saturated carbocycles. The van der Waals surface area contributed by atoms with Crippen molar-refractivity contribution < 1.29 is 4.79 Å². The molecule has 0 N–H and O–H groups in total. The zero-order valence-electron chi connectivity index (χ0n) is 10.7. The van der Waals surface area contributed by atoms with E-state index in [1.54, 1.807) is 12.4 Å². The third-order valence-corrected chi connectivity index (χ3v) is 3.96. The van der Waals surface area contributed by atoms with Gasteiger partial charge in [0, 0.05) is 18.1 Å². The zero-order valence-corrected chi connectivity index (χ0v) is 11.5. The largest absolute Gasteiger partial charge is 0.288 e. The first-order valence-electron chi connectivity index (χ1n) is 5.97. The molecule has 0 amide bonds. The Hall–Kier alpha value is -1.94. The number of carbonyl (C=O) groups excluding carboxylic acids is 1. The number of rotatable bonds is 1. The van der Waals surface area contributed by atoms with Crippen LogP contribution in [0.1, 0.15) is 27.2 Å². The molecule has 2 aromatic heterocycles. The van der Waals surface area contributed by atoms with E-state index in [1.165, 1.54) is 11.8 Å². The molecular formula is C15H12N2OS. The monoisotopic (exact) mass is 268 g/mol. The van der Waals surface area contributed by atoms with E-state index in [9.17, 15) is 4.79 Å². The van der Waals surface area contributed by atoms with Crippen LogP contribution in [0.25, 0.3) is 6.08 Å². The van der Waals surface area contributed by atoms with Crippen LogP contribution < -0.4 is 0 Å². The van der Waals surface area contributed by atoms with Crippen molar-refractivity contribution in [2.24, 2.45) is 0 Å². The van der Waals surface area contributed by atoms with Crippen molar-refractivity contribution in [3.8, 4) is 0 Å². The SMILES string of the molecule is Cc1cc(C)c2c(n1)S/C(=C/c1cccnc1)C2=O. The fraction of sp³-hybridized carbons (Fsp3) is 0.133. The molecular weight excluding hydrogens is 256 g/mol. The molecule has 2 aromatic rings. The Morgan fingerprint density at radius 2 is 2.16 bits per heavy atom. The number of aromatic nitrogens is 2. The number of allylic oxidation sites excluding steroid dienone is 1. The van der Waals surface area contributed by atoms with Crippen LogP contribution in [0.15, 0.2) is 40.5 Å². The number of fused-ring (bicyclic) bond motifs is 1.